The number of nitrogens with two attached hydrogens (primary N) is 1. The summed E-state index contributed by atoms with van der Waals surface area (Å²) in [6.07, 6.45) is 5.38. The number of likely N-dealkylation sites (tertiary alicyclic amines) is 1. The molecule has 1 saturated heterocycles. The molecule has 0 spiro atoms. The molecule has 9 heteroatoms. The molecule has 8 nitrogen and oxygen atoms in total. The van der Waals surface area contributed by atoms with Crippen LogP contribution in [0.5, 0.6) is 0 Å². The number of anilines is 2. The van der Waals surface area contributed by atoms with E-state index in [0.29, 0.717) is 29.0 Å². The minimum absolute atomic E-state index is 0.1000. The first-order valence-corrected chi connectivity index (χ1v) is 11.2. The molecular weight excluding hydrogens is 486 g/mol. The molecule has 1 aromatic carbocycles. The van der Waals surface area contributed by atoms with E-state index in [0.717, 1.165) is 28.8 Å². The first-order valence-electron chi connectivity index (χ1n) is 10.4. The molecule has 1 aliphatic heterocycles. The second kappa shape index (κ2) is 9.50. The van der Waals surface area contributed by atoms with Gasteiger partial charge in [-0.25, -0.2) is 9.78 Å². The van der Waals surface area contributed by atoms with E-state index < -0.39 is 5.97 Å². The number of aromatic nitrogens is 2. The number of ketones is 1. The van der Waals surface area contributed by atoms with Crippen LogP contribution in [-0.4, -0.2) is 39.3 Å². The second-order valence-corrected chi connectivity index (χ2v) is 8.89. The van der Waals surface area contributed by atoms with Gasteiger partial charge in [-0.1, -0.05) is 29.1 Å². The Bertz CT molecular complexity index is 1250. The lowest BCUT2D eigenvalue weighted by atomic mass is 9.93. The number of nitrogens with zero attached hydrogens (tertiary/aromatic N) is 3. The van der Waals surface area contributed by atoms with Gasteiger partial charge in [-0.3, -0.25) is 4.79 Å². The lowest BCUT2D eigenvalue weighted by molar-refractivity contribution is -0.121. The number of carbonyl (C=O) groups excluding carboxylic acids is 2. The maximum atomic E-state index is 12.8. The second-order valence-electron chi connectivity index (χ2n) is 7.97. The number of rotatable bonds is 9. The monoisotopic (exact) mass is 509 g/mol. The number of allylic oxidation sites excluding steroid dienone is 1. The highest BCUT2D eigenvalue weighted by molar-refractivity contribution is 9.10. The van der Waals surface area contributed by atoms with E-state index in [2.05, 4.69) is 44.5 Å². The number of hydrogen-bond acceptors (Lipinski definition) is 7. The van der Waals surface area contributed by atoms with E-state index in [1.54, 1.807) is 29.0 Å². The number of halogens is 1. The van der Waals surface area contributed by atoms with Gasteiger partial charge in [-0.2, -0.15) is 5.48 Å². The Hall–Kier alpha value is -3.59. The Balaban J connectivity index is 1.47. The molecule has 3 N–H and O–H groups in total. The normalized spacial score (nSPS) is 13.4. The van der Waals surface area contributed by atoms with Crippen LogP contribution in [0.2, 0.25) is 0 Å². The number of nitrogens with one attached hydrogen (secondary N) is 1. The summed E-state index contributed by atoms with van der Waals surface area (Å²) in [5, 5.41) is 0.676. The summed E-state index contributed by atoms with van der Waals surface area (Å²) in [4.78, 5) is 37.0. The minimum Gasteiger partial charge on any atom is -0.396 e. The molecule has 0 radical (unpaired) electrons. The lowest BCUT2D eigenvalue weighted by Crippen LogP contribution is -2.46. The first-order chi connectivity index (χ1) is 15.9. The van der Waals surface area contributed by atoms with Gasteiger partial charge in [0, 0.05) is 58.9 Å². The van der Waals surface area contributed by atoms with Crippen LogP contribution in [0.1, 0.15) is 16.8 Å². The Morgan fingerprint density at radius 3 is 2.85 bits per heavy atom. The van der Waals surface area contributed by atoms with Crippen LogP contribution in [0.4, 0.5) is 11.5 Å². The molecule has 0 unspecified atom stereocenters. The van der Waals surface area contributed by atoms with Crippen LogP contribution in [-0.2, 0) is 16.2 Å². The molecule has 1 aliphatic rings. The highest BCUT2D eigenvalue weighted by Crippen LogP contribution is 2.28. The van der Waals surface area contributed by atoms with E-state index in [4.69, 9.17) is 10.6 Å². The van der Waals surface area contributed by atoms with E-state index in [1.165, 1.54) is 6.20 Å². The number of pyridine rings is 1. The molecule has 33 heavy (non-hydrogen) atoms. The molecule has 0 saturated carbocycles. The molecule has 2 aromatic heterocycles. The molecule has 170 valence electrons. The van der Waals surface area contributed by atoms with Crippen LogP contribution in [0, 0.1) is 5.92 Å². The van der Waals surface area contributed by atoms with Gasteiger partial charge >= 0.3 is 5.97 Å². The van der Waals surface area contributed by atoms with Gasteiger partial charge in [0.2, 0.25) is 0 Å². The molecule has 0 atom stereocenters. The van der Waals surface area contributed by atoms with E-state index >= 15 is 0 Å². The quantitative estimate of drug-likeness (QED) is 0.329. The molecule has 1 fully saturated rings. The van der Waals surface area contributed by atoms with Crippen molar-refractivity contribution in [3.05, 3.63) is 77.7 Å². The average molecular weight is 510 g/mol. The van der Waals surface area contributed by atoms with Gasteiger partial charge in [0.15, 0.2) is 11.6 Å². The van der Waals surface area contributed by atoms with Crippen molar-refractivity contribution in [2.24, 2.45) is 5.92 Å². The van der Waals surface area contributed by atoms with E-state index in [-0.39, 0.29) is 18.1 Å². The zero-order valence-corrected chi connectivity index (χ0v) is 19.5. The first kappa shape index (κ1) is 22.6. The Labute approximate surface area is 199 Å². The summed E-state index contributed by atoms with van der Waals surface area (Å²) in [5.74, 6) is 0.0390. The van der Waals surface area contributed by atoms with Crippen molar-refractivity contribution < 1.29 is 14.4 Å². The number of hydrogen-bond donors (Lipinski definition) is 2. The summed E-state index contributed by atoms with van der Waals surface area (Å²) < 4.78 is 2.60. The van der Waals surface area contributed by atoms with Crippen molar-refractivity contribution in [2.75, 3.05) is 24.3 Å². The van der Waals surface area contributed by atoms with Gasteiger partial charge in [-0.05, 0) is 36.4 Å². The number of fused-ring (bicyclic) bond motifs is 1. The van der Waals surface area contributed by atoms with Crippen molar-refractivity contribution in [2.45, 2.75) is 13.0 Å². The molecule has 3 heterocycles. The third kappa shape index (κ3) is 4.93. The summed E-state index contributed by atoms with van der Waals surface area (Å²) in [6, 6.07) is 8.89. The summed E-state index contributed by atoms with van der Waals surface area (Å²) in [7, 11) is 0. The maximum absolute atomic E-state index is 12.8. The van der Waals surface area contributed by atoms with Crippen molar-refractivity contribution in [3.8, 4) is 0 Å². The molecule has 4 rings (SSSR count). The third-order valence-electron chi connectivity index (χ3n) is 5.60. The SMILES string of the molecule is C=CC(=C)N1CC(CC(=O)Cn2cc(C(=O)ONc3ncccc3N)c3cc(Br)ccc32)C1. The van der Waals surface area contributed by atoms with Gasteiger partial charge in [0.1, 0.15) is 0 Å². The Morgan fingerprint density at radius 1 is 1.33 bits per heavy atom. The smallest absolute Gasteiger partial charge is 0.365 e. The lowest BCUT2D eigenvalue weighted by Gasteiger charge is -2.41. The number of nitrogen functional groups attached to an aromatic ring is 1. The summed E-state index contributed by atoms with van der Waals surface area (Å²) in [6.45, 7) is 9.43. The predicted molar refractivity (Wildman–Crippen MR) is 131 cm³/mol. The Morgan fingerprint density at radius 2 is 2.12 bits per heavy atom. The van der Waals surface area contributed by atoms with Crippen LogP contribution in [0.25, 0.3) is 10.9 Å². The molecular formula is C24H24BrN5O3. The zero-order chi connectivity index (χ0) is 23.5. The van der Waals surface area contributed by atoms with E-state index in [9.17, 15) is 9.59 Å². The fraction of sp³-hybridized carbons (Fsp3) is 0.208. The molecule has 3 aromatic rings. The standard InChI is InChI=1S/C24H24BrN5O3/c1-3-15(2)29-11-16(12-29)9-18(31)13-30-14-20(19-10-17(25)6-7-22(19)30)24(32)33-28-23-21(26)5-4-8-27-23/h3-8,10,14,16H,1-2,9,11-13,26H2,(H,27,28). The van der Waals surface area contributed by atoms with Gasteiger partial charge in [0.05, 0.1) is 17.8 Å². The molecule has 0 aliphatic carbocycles. The molecule has 0 bridgehead atoms. The highest BCUT2D eigenvalue weighted by atomic mass is 79.9. The van der Waals surface area contributed by atoms with Gasteiger partial charge in [0.25, 0.3) is 0 Å². The summed E-state index contributed by atoms with van der Waals surface area (Å²) in [5.41, 5.74) is 10.7. The number of carbonyl (C=O) groups is 2. The number of Topliss-reactive ketones (excluding diaryl/α,β-unsaturated/α-hetero) is 1. The topological polar surface area (TPSA) is 102 Å². The molecule has 0 amide bonds. The van der Waals surface area contributed by atoms with Crippen LogP contribution < -0.4 is 11.2 Å². The van der Waals surface area contributed by atoms with Crippen LogP contribution in [0.15, 0.2) is 72.1 Å². The van der Waals surface area contributed by atoms with Crippen molar-refractivity contribution >= 4 is 50.1 Å². The third-order valence-corrected chi connectivity index (χ3v) is 6.10. The Kier molecular flexibility index (Phi) is 6.50. The van der Waals surface area contributed by atoms with Crippen LogP contribution >= 0.6 is 15.9 Å². The van der Waals surface area contributed by atoms with Gasteiger partial charge < -0.3 is 20.0 Å². The van der Waals surface area contributed by atoms with Crippen molar-refractivity contribution in [3.63, 3.8) is 0 Å². The number of benzene rings is 1. The maximum Gasteiger partial charge on any atom is 0.365 e. The average Bonchev–Trinajstić information content (AvgIpc) is 3.12. The van der Waals surface area contributed by atoms with E-state index in [1.807, 2.05) is 18.2 Å². The predicted octanol–water partition coefficient (Wildman–Crippen LogP) is 4.16. The highest BCUT2D eigenvalue weighted by Gasteiger charge is 2.29. The minimum atomic E-state index is -0.605. The fourth-order valence-corrected chi connectivity index (χ4v) is 4.22. The largest absolute Gasteiger partial charge is 0.396 e. The van der Waals surface area contributed by atoms with Crippen molar-refractivity contribution in [1.29, 1.82) is 0 Å². The van der Waals surface area contributed by atoms with Gasteiger partial charge in [-0.15, -0.1) is 0 Å². The fourth-order valence-electron chi connectivity index (χ4n) is 3.85. The summed E-state index contributed by atoms with van der Waals surface area (Å²) >= 11 is 3.44. The van der Waals surface area contributed by atoms with Crippen molar-refractivity contribution in [1.82, 2.24) is 14.5 Å². The zero-order valence-electron chi connectivity index (χ0n) is 18.0. The van der Waals surface area contributed by atoms with Crippen LogP contribution in [0.3, 0.4) is 0 Å².